The Hall–Kier alpha value is -2.63. The molecule has 0 saturated carbocycles. The van der Waals surface area contributed by atoms with Crippen molar-refractivity contribution in [3.63, 3.8) is 0 Å². The minimum atomic E-state index is -0.397. The van der Waals surface area contributed by atoms with Gasteiger partial charge in [0.25, 0.3) is 5.69 Å². The topological polar surface area (TPSA) is 68.5 Å². The van der Waals surface area contributed by atoms with Gasteiger partial charge in [-0.05, 0) is 38.0 Å². The van der Waals surface area contributed by atoms with Gasteiger partial charge in [-0.2, -0.15) is 0 Å². The monoisotopic (exact) mass is 313 g/mol. The minimum absolute atomic E-state index is 0.0602. The first-order valence-corrected chi connectivity index (χ1v) is 7.70. The van der Waals surface area contributed by atoms with Crippen molar-refractivity contribution in [2.24, 2.45) is 0 Å². The van der Waals surface area contributed by atoms with Crippen LogP contribution in [0, 0.1) is 17.0 Å². The van der Waals surface area contributed by atoms with Crippen LogP contribution < -0.4 is 9.64 Å². The molecule has 0 N–H and O–H groups in total. The van der Waals surface area contributed by atoms with Crippen molar-refractivity contribution in [2.75, 3.05) is 18.1 Å². The third-order valence-electron chi connectivity index (χ3n) is 4.12. The van der Waals surface area contributed by atoms with Crippen LogP contribution >= 0.6 is 0 Å². The number of aromatic nitrogens is 1. The second-order valence-electron chi connectivity index (χ2n) is 5.70. The smallest absolute Gasteiger partial charge is 0.290 e. The summed E-state index contributed by atoms with van der Waals surface area (Å²) in [6.07, 6.45) is 3.45. The first kappa shape index (κ1) is 15.3. The van der Waals surface area contributed by atoms with Gasteiger partial charge < -0.3 is 9.64 Å². The summed E-state index contributed by atoms with van der Waals surface area (Å²) < 4.78 is 5.86. The van der Waals surface area contributed by atoms with E-state index in [1.54, 1.807) is 13.0 Å². The average molecular weight is 313 g/mol. The van der Waals surface area contributed by atoms with Crippen LogP contribution in [-0.4, -0.2) is 29.1 Å². The highest BCUT2D eigenvalue weighted by Crippen LogP contribution is 2.27. The van der Waals surface area contributed by atoms with E-state index in [0.717, 1.165) is 31.0 Å². The average Bonchev–Trinajstić information content (AvgIpc) is 3.02. The number of benzene rings is 1. The van der Waals surface area contributed by atoms with Crippen LogP contribution in [-0.2, 0) is 0 Å². The second-order valence-corrected chi connectivity index (χ2v) is 5.70. The van der Waals surface area contributed by atoms with Crippen LogP contribution in [0.15, 0.2) is 42.6 Å². The Balaban J connectivity index is 1.71. The zero-order valence-corrected chi connectivity index (χ0v) is 13.0. The van der Waals surface area contributed by atoms with E-state index in [4.69, 9.17) is 4.74 Å². The van der Waals surface area contributed by atoms with Crippen molar-refractivity contribution in [1.82, 2.24) is 4.98 Å². The molecule has 2 heterocycles. The summed E-state index contributed by atoms with van der Waals surface area (Å²) in [5.41, 5.74) is 0.694. The fourth-order valence-corrected chi connectivity index (χ4v) is 2.90. The molecule has 0 spiro atoms. The molecule has 1 unspecified atom stereocenters. The van der Waals surface area contributed by atoms with Gasteiger partial charge >= 0.3 is 0 Å². The molecule has 0 amide bonds. The third-order valence-corrected chi connectivity index (χ3v) is 4.12. The predicted molar refractivity (Wildman–Crippen MR) is 87.9 cm³/mol. The van der Waals surface area contributed by atoms with Crippen molar-refractivity contribution in [3.8, 4) is 5.75 Å². The molecule has 120 valence electrons. The number of pyridine rings is 1. The van der Waals surface area contributed by atoms with E-state index in [9.17, 15) is 10.1 Å². The lowest BCUT2D eigenvalue weighted by molar-refractivity contribution is -0.385. The lowest BCUT2D eigenvalue weighted by Gasteiger charge is -2.26. The SMILES string of the molecule is Cc1cc(N2CCCC2COc2ccccc2)ncc1[N+](=O)[O-]. The Kier molecular flexibility index (Phi) is 4.41. The molecule has 1 aliphatic rings. The summed E-state index contributed by atoms with van der Waals surface area (Å²) in [7, 11) is 0. The summed E-state index contributed by atoms with van der Waals surface area (Å²) >= 11 is 0. The number of rotatable bonds is 5. The van der Waals surface area contributed by atoms with Crippen LogP contribution in [0.2, 0.25) is 0 Å². The largest absolute Gasteiger partial charge is 0.491 e. The fourth-order valence-electron chi connectivity index (χ4n) is 2.90. The first-order chi connectivity index (χ1) is 11.1. The Morgan fingerprint density at radius 2 is 2.17 bits per heavy atom. The maximum absolute atomic E-state index is 10.9. The van der Waals surface area contributed by atoms with E-state index in [-0.39, 0.29) is 11.7 Å². The van der Waals surface area contributed by atoms with Gasteiger partial charge in [-0.15, -0.1) is 0 Å². The van der Waals surface area contributed by atoms with Gasteiger partial charge in [0.2, 0.25) is 0 Å². The van der Waals surface area contributed by atoms with Crippen LogP contribution in [0.4, 0.5) is 11.5 Å². The molecule has 0 aliphatic carbocycles. The van der Waals surface area contributed by atoms with E-state index in [1.807, 2.05) is 30.3 Å². The maximum Gasteiger partial charge on any atom is 0.290 e. The third kappa shape index (κ3) is 3.41. The zero-order valence-electron chi connectivity index (χ0n) is 13.0. The molecular formula is C17H19N3O3. The summed E-state index contributed by atoms with van der Waals surface area (Å²) in [5, 5.41) is 10.9. The molecular weight excluding hydrogens is 294 g/mol. The molecule has 1 aliphatic heterocycles. The molecule has 6 heteroatoms. The van der Waals surface area contributed by atoms with Gasteiger partial charge in [0, 0.05) is 12.1 Å². The van der Waals surface area contributed by atoms with Crippen molar-refractivity contribution >= 4 is 11.5 Å². The Morgan fingerprint density at radius 3 is 2.87 bits per heavy atom. The molecule has 1 aromatic heterocycles. The summed E-state index contributed by atoms with van der Waals surface area (Å²) in [6.45, 7) is 3.23. The lowest BCUT2D eigenvalue weighted by Crippen LogP contribution is -2.34. The number of aryl methyl sites for hydroxylation is 1. The number of hydrogen-bond donors (Lipinski definition) is 0. The van der Waals surface area contributed by atoms with E-state index in [1.165, 1.54) is 6.20 Å². The number of anilines is 1. The highest BCUT2D eigenvalue weighted by molar-refractivity contribution is 5.50. The highest BCUT2D eigenvalue weighted by atomic mass is 16.6. The molecule has 0 bridgehead atoms. The molecule has 3 rings (SSSR count). The fraction of sp³-hybridized carbons (Fsp3) is 0.353. The summed E-state index contributed by atoms with van der Waals surface area (Å²) in [4.78, 5) is 17.0. The molecule has 6 nitrogen and oxygen atoms in total. The van der Waals surface area contributed by atoms with Gasteiger partial charge in [0.05, 0.1) is 11.0 Å². The Labute approximate surface area is 134 Å². The number of hydrogen-bond acceptors (Lipinski definition) is 5. The zero-order chi connectivity index (χ0) is 16.2. The number of nitro groups is 1. The van der Waals surface area contributed by atoms with Crippen LogP contribution in [0.1, 0.15) is 18.4 Å². The standard InChI is InChI=1S/C17H19N3O3/c1-13-10-17(18-11-16(13)20(21)22)19-9-5-6-14(19)12-23-15-7-3-2-4-8-15/h2-4,7-8,10-11,14H,5-6,9,12H2,1H3. The van der Waals surface area contributed by atoms with Crippen molar-refractivity contribution < 1.29 is 9.66 Å². The van der Waals surface area contributed by atoms with Gasteiger partial charge in [-0.3, -0.25) is 10.1 Å². The van der Waals surface area contributed by atoms with Gasteiger partial charge in [0.1, 0.15) is 24.4 Å². The molecule has 1 saturated heterocycles. The summed E-state index contributed by atoms with van der Waals surface area (Å²) in [6, 6.07) is 11.8. The molecule has 23 heavy (non-hydrogen) atoms. The first-order valence-electron chi connectivity index (χ1n) is 7.70. The van der Waals surface area contributed by atoms with Crippen LogP contribution in [0.3, 0.4) is 0 Å². The van der Waals surface area contributed by atoms with E-state index < -0.39 is 4.92 Å². The number of para-hydroxylation sites is 1. The minimum Gasteiger partial charge on any atom is -0.491 e. The molecule has 0 radical (unpaired) electrons. The van der Waals surface area contributed by atoms with Gasteiger partial charge in [-0.1, -0.05) is 18.2 Å². The van der Waals surface area contributed by atoms with Crippen molar-refractivity contribution in [3.05, 3.63) is 58.3 Å². The lowest BCUT2D eigenvalue weighted by atomic mass is 10.2. The predicted octanol–water partition coefficient (Wildman–Crippen LogP) is 3.35. The molecule has 1 fully saturated rings. The highest BCUT2D eigenvalue weighted by Gasteiger charge is 2.27. The normalized spacial score (nSPS) is 17.3. The van der Waals surface area contributed by atoms with Crippen molar-refractivity contribution in [2.45, 2.75) is 25.8 Å². The van der Waals surface area contributed by atoms with E-state index in [0.29, 0.717) is 12.2 Å². The second kappa shape index (κ2) is 6.64. The summed E-state index contributed by atoms with van der Waals surface area (Å²) in [5.74, 6) is 1.64. The molecule has 1 atom stereocenters. The Morgan fingerprint density at radius 1 is 1.39 bits per heavy atom. The van der Waals surface area contributed by atoms with E-state index >= 15 is 0 Å². The number of nitrogens with zero attached hydrogens (tertiary/aromatic N) is 3. The maximum atomic E-state index is 10.9. The Bertz CT molecular complexity index is 691. The molecule has 1 aromatic carbocycles. The van der Waals surface area contributed by atoms with Crippen LogP contribution in [0.25, 0.3) is 0 Å². The number of ether oxygens (including phenoxy) is 1. The van der Waals surface area contributed by atoms with Crippen molar-refractivity contribution in [1.29, 1.82) is 0 Å². The van der Waals surface area contributed by atoms with Gasteiger partial charge in [0.15, 0.2) is 0 Å². The quantitative estimate of drug-likeness (QED) is 0.625. The van der Waals surface area contributed by atoms with Crippen LogP contribution in [0.5, 0.6) is 5.75 Å². The van der Waals surface area contributed by atoms with E-state index in [2.05, 4.69) is 9.88 Å². The van der Waals surface area contributed by atoms with Gasteiger partial charge in [-0.25, -0.2) is 4.98 Å². The molecule has 2 aromatic rings.